The first-order valence-electron chi connectivity index (χ1n) is 6.53. The normalized spacial score (nSPS) is 14.8. The molecule has 0 aliphatic heterocycles. The Morgan fingerprint density at radius 1 is 1.44 bits per heavy atom. The highest BCUT2D eigenvalue weighted by Crippen LogP contribution is 2.23. The number of nitrogens with one attached hydrogen (secondary N) is 1. The highest BCUT2D eigenvalue weighted by Gasteiger charge is 2.21. The van der Waals surface area contributed by atoms with E-state index in [1.807, 2.05) is 11.7 Å². The van der Waals surface area contributed by atoms with E-state index in [4.69, 9.17) is 16.3 Å². The molecule has 0 amide bonds. The highest BCUT2D eigenvalue weighted by atomic mass is 35.5. The van der Waals surface area contributed by atoms with Gasteiger partial charge in [-0.15, -0.1) is 0 Å². The van der Waals surface area contributed by atoms with E-state index < -0.39 is 0 Å². The molecule has 0 spiro atoms. The summed E-state index contributed by atoms with van der Waals surface area (Å²) in [6.07, 6.45) is 1.82. The zero-order valence-electron chi connectivity index (χ0n) is 12.0. The Labute approximate surface area is 115 Å². The van der Waals surface area contributed by atoms with Crippen molar-refractivity contribution >= 4 is 11.6 Å². The second-order valence-electron chi connectivity index (χ2n) is 4.42. The number of hydrogen-bond acceptors (Lipinski definition) is 3. The number of likely N-dealkylation sites (N-methyl/N-ethyl adjacent to an activating group) is 1. The molecular formula is C13H24ClN3O. The van der Waals surface area contributed by atoms with Crippen molar-refractivity contribution < 1.29 is 4.74 Å². The molecule has 0 fully saturated rings. The van der Waals surface area contributed by atoms with Crippen LogP contribution in [0.15, 0.2) is 0 Å². The van der Waals surface area contributed by atoms with Gasteiger partial charge in [0.1, 0.15) is 0 Å². The Morgan fingerprint density at radius 3 is 2.56 bits per heavy atom. The fraction of sp³-hybridized carbons (Fsp3) is 0.769. The minimum atomic E-state index is 0.136. The van der Waals surface area contributed by atoms with Crippen molar-refractivity contribution in [3.05, 3.63) is 16.4 Å². The molecule has 0 aliphatic carbocycles. The van der Waals surface area contributed by atoms with Crippen LogP contribution >= 0.6 is 11.6 Å². The first kappa shape index (κ1) is 15.5. The van der Waals surface area contributed by atoms with Crippen LogP contribution in [0.5, 0.6) is 0 Å². The van der Waals surface area contributed by atoms with Crippen LogP contribution in [0.4, 0.5) is 0 Å². The van der Waals surface area contributed by atoms with E-state index in [0.717, 1.165) is 35.8 Å². The van der Waals surface area contributed by atoms with Gasteiger partial charge in [-0.2, -0.15) is 5.10 Å². The lowest BCUT2D eigenvalue weighted by molar-refractivity contribution is 0.0850. The zero-order chi connectivity index (χ0) is 13.7. The number of methoxy groups -OCH3 is 1. The van der Waals surface area contributed by atoms with E-state index in [1.165, 1.54) is 0 Å². The molecule has 1 rings (SSSR count). The molecule has 0 aromatic carbocycles. The van der Waals surface area contributed by atoms with E-state index in [-0.39, 0.29) is 12.1 Å². The van der Waals surface area contributed by atoms with Gasteiger partial charge >= 0.3 is 0 Å². The summed E-state index contributed by atoms with van der Waals surface area (Å²) in [6, 6.07) is 0.235. The highest BCUT2D eigenvalue weighted by molar-refractivity contribution is 6.31. The number of hydrogen-bond donors (Lipinski definition) is 1. The summed E-state index contributed by atoms with van der Waals surface area (Å²) in [7, 11) is 3.67. The van der Waals surface area contributed by atoms with E-state index in [2.05, 4.69) is 31.2 Å². The number of halogens is 1. The lowest BCUT2D eigenvalue weighted by Crippen LogP contribution is -2.39. The van der Waals surface area contributed by atoms with Crippen LogP contribution in [0.3, 0.4) is 0 Å². The Kier molecular flexibility index (Phi) is 6.12. The average Bonchev–Trinajstić information content (AvgIpc) is 2.71. The molecule has 0 aliphatic rings. The summed E-state index contributed by atoms with van der Waals surface area (Å²) in [6.45, 7) is 7.06. The lowest BCUT2D eigenvalue weighted by atomic mass is 10.1. The van der Waals surface area contributed by atoms with Gasteiger partial charge in [-0.05, 0) is 27.3 Å². The van der Waals surface area contributed by atoms with Gasteiger partial charge in [0.15, 0.2) is 0 Å². The third kappa shape index (κ3) is 3.25. The number of aryl methyl sites for hydroxylation is 2. The van der Waals surface area contributed by atoms with Crippen LogP contribution in [0.25, 0.3) is 0 Å². The van der Waals surface area contributed by atoms with Crippen LogP contribution in [0.2, 0.25) is 5.02 Å². The molecule has 2 atom stereocenters. The maximum absolute atomic E-state index is 6.41. The predicted octanol–water partition coefficient (Wildman–Crippen LogP) is 2.28. The molecule has 0 saturated heterocycles. The predicted molar refractivity (Wildman–Crippen MR) is 75.3 cm³/mol. The summed E-state index contributed by atoms with van der Waals surface area (Å²) in [4.78, 5) is 0. The van der Waals surface area contributed by atoms with E-state index >= 15 is 0 Å². The molecule has 1 N–H and O–H groups in total. The largest absolute Gasteiger partial charge is 0.380 e. The smallest absolute Gasteiger partial charge is 0.0850 e. The molecule has 0 bridgehead atoms. The number of nitrogens with zero attached hydrogens (tertiary/aromatic N) is 2. The van der Waals surface area contributed by atoms with Gasteiger partial charge in [-0.1, -0.05) is 18.5 Å². The summed E-state index contributed by atoms with van der Waals surface area (Å²) < 4.78 is 7.38. The topological polar surface area (TPSA) is 39.1 Å². The number of ether oxygens (including phenoxy) is 1. The van der Waals surface area contributed by atoms with Crippen molar-refractivity contribution in [3.8, 4) is 0 Å². The Balaban J connectivity index is 2.97. The van der Waals surface area contributed by atoms with Crippen LogP contribution in [0.1, 0.15) is 32.2 Å². The summed E-state index contributed by atoms with van der Waals surface area (Å²) in [5, 5.41) is 8.63. The van der Waals surface area contributed by atoms with E-state index in [0.29, 0.717) is 0 Å². The van der Waals surface area contributed by atoms with Crippen molar-refractivity contribution in [1.82, 2.24) is 15.1 Å². The summed E-state index contributed by atoms with van der Waals surface area (Å²) in [5.74, 6) is 0. The maximum atomic E-state index is 6.41. The molecule has 104 valence electrons. The SMILES string of the molecule is CCc1nn(CC)c(CC(NC)C(C)OC)c1Cl. The Morgan fingerprint density at radius 2 is 2.11 bits per heavy atom. The van der Waals surface area contributed by atoms with Crippen LogP contribution in [-0.2, 0) is 24.1 Å². The minimum absolute atomic E-state index is 0.136. The monoisotopic (exact) mass is 273 g/mol. The van der Waals surface area contributed by atoms with Gasteiger partial charge in [0, 0.05) is 26.1 Å². The molecule has 0 radical (unpaired) electrons. The van der Waals surface area contributed by atoms with Crippen molar-refractivity contribution in [2.24, 2.45) is 0 Å². The Bertz CT molecular complexity index is 379. The van der Waals surface area contributed by atoms with Crippen molar-refractivity contribution in [2.45, 2.75) is 52.3 Å². The van der Waals surface area contributed by atoms with E-state index in [1.54, 1.807) is 7.11 Å². The molecule has 0 saturated carbocycles. The fourth-order valence-corrected chi connectivity index (χ4v) is 2.43. The Hall–Kier alpha value is -0.580. The standard InChI is InChI=1S/C13H24ClN3O/c1-6-10-13(14)12(17(7-2)16-10)8-11(15-4)9(3)18-5/h9,11,15H,6-8H2,1-5H3. The molecule has 4 nitrogen and oxygen atoms in total. The van der Waals surface area contributed by atoms with Gasteiger partial charge in [-0.3, -0.25) is 4.68 Å². The fourth-order valence-electron chi connectivity index (χ4n) is 2.09. The first-order valence-corrected chi connectivity index (χ1v) is 6.90. The number of rotatable bonds is 7. The molecule has 2 unspecified atom stereocenters. The molecule has 18 heavy (non-hydrogen) atoms. The second-order valence-corrected chi connectivity index (χ2v) is 4.79. The molecule has 1 aromatic heterocycles. The molecule has 5 heteroatoms. The van der Waals surface area contributed by atoms with E-state index in [9.17, 15) is 0 Å². The average molecular weight is 274 g/mol. The lowest BCUT2D eigenvalue weighted by Gasteiger charge is -2.22. The van der Waals surface area contributed by atoms with Crippen molar-refractivity contribution in [1.29, 1.82) is 0 Å². The third-order valence-electron chi connectivity index (χ3n) is 3.42. The first-order chi connectivity index (χ1) is 8.58. The van der Waals surface area contributed by atoms with Crippen molar-refractivity contribution in [2.75, 3.05) is 14.2 Å². The zero-order valence-corrected chi connectivity index (χ0v) is 12.7. The quantitative estimate of drug-likeness (QED) is 0.828. The van der Waals surface area contributed by atoms with Crippen LogP contribution in [0, 0.1) is 0 Å². The van der Waals surface area contributed by atoms with Gasteiger partial charge in [0.25, 0.3) is 0 Å². The number of aromatic nitrogens is 2. The van der Waals surface area contributed by atoms with Gasteiger partial charge in [0.2, 0.25) is 0 Å². The summed E-state index contributed by atoms with van der Waals surface area (Å²) in [5.41, 5.74) is 2.08. The van der Waals surface area contributed by atoms with Gasteiger partial charge < -0.3 is 10.1 Å². The van der Waals surface area contributed by atoms with Gasteiger partial charge in [0.05, 0.1) is 22.5 Å². The van der Waals surface area contributed by atoms with Crippen LogP contribution in [-0.4, -0.2) is 36.1 Å². The second kappa shape index (κ2) is 7.12. The third-order valence-corrected chi connectivity index (χ3v) is 3.85. The summed E-state index contributed by atoms with van der Waals surface area (Å²) >= 11 is 6.41. The minimum Gasteiger partial charge on any atom is -0.380 e. The molecule has 1 aromatic rings. The van der Waals surface area contributed by atoms with Gasteiger partial charge in [-0.25, -0.2) is 0 Å². The van der Waals surface area contributed by atoms with Crippen molar-refractivity contribution in [3.63, 3.8) is 0 Å². The molecule has 1 heterocycles. The molecular weight excluding hydrogens is 250 g/mol. The van der Waals surface area contributed by atoms with Crippen LogP contribution < -0.4 is 5.32 Å². The maximum Gasteiger partial charge on any atom is 0.0850 e.